The normalized spacial score (nSPS) is 16.8. The molecule has 0 fully saturated rings. The first-order valence-corrected chi connectivity index (χ1v) is 8.96. The Morgan fingerprint density at radius 1 is 1.03 bits per heavy atom. The van der Waals surface area contributed by atoms with Crippen LogP contribution in [0.1, 0.15) is 27.7 Å². The molecule has 0 saturated heterocycles. The number of nitrogens with zero attached hydrogens (tertiary/aromatic N) is 1. The number of aliphatic hydroxyl groups excluding tert-OH is 1. The maximum absolute atomic E-state index is 13.5. The van der Waals surface area contributed by atoms with E-state index < -0.39 is 41.0 Å². The Hall–Kier alpha value is -3.88. The molecule has 2 aromatic carbocycles. The fraction of sp³-hybridized carbons (Fsp3) is 0.0909. The maximum Gasteiger partial charge on any atom is 0.416 e. The van der Waals surface area contributed by atoms with Crippen LogP contribution in [0.25, 0.3) is 0 Å². The third kappa shape index (κ3) is 3.58. The zero-order chi connectivity index (χ0) is 22.3. The van der Waals surface area contributed by atoms with Crippen molar-refractivity contribution >= 4 is 17.4 Å². The van der Waals surface area contributed by atoms with E-state index in [4.69, 9.17) is 4.42 Å². The highest BCUT2D eigenvalue weighted by molar-refractivity contribution is 6.20. The van der Waals surface area contributed by atoms with Gasteiger partial charge in [0.15, 0.2) is 11.5 Å². The fourth-order valence-corrected chi connectivity index (χ4v) is 3.44. The second-order valence-electron chi connectivity index (χ2n) is 6.75. The molecule has 0 radical (unpaired) electrons. The SMILES string of the molecule is O=C(C1=C(O)C(=O)N(c2cccc(C(F)(F)F)c2)C1c1ccc(F)cc1)c1ccco1. The van der Waals surface area contributed by atoms with E-state index in [1.54, 1.807) is 0 Å². The van der Waals surface area contributed by atoms with Gasteiger partial charge < -0.3 is 9.52 Å². The van der Waals surface area contributed by atoms with Crippen LogP contribution < -0.4 is 4.90 Å². The first kappa shape index (κ1) is 20.4. The number of hydrogen-bond donors (Lipinski definition) is 1. The summed E-state index contributed by atoms with van der Waals surface area (Å²) >= 11 is 0. The molecule has 1 N–H and O–H groups in total. The molecule has 9 heteroatoms. The van der Waals surface area contributed by atoms with Crippen LogP contribution in [0.2, 0.25) is 0 Å². The van der Waals surface area contributed by atoms with Gasteiger partial charge in [-0.1, -0.05) is 18.2 Å². The number of rotatable bonds is 4. The predicted octanol–water partition coefficient (Wildman–Crippen LogP) is 5.22. The second-order valence-corrected chi connectivity index (χ2v) is 6.75. The van der Waals surface area contributed by atoms with E-state index in [1.165, 1.54) is 36.6 Å². The summed E-state index contributed by atoms with van der Waals surface area (Å²) in [6, 6.07) is 10.1. The van der Waals surface area contributed by atoms with Gasteiger partial charge in [-0.25, -0.2) is 4.39 Å². The van der Waals surface area contributed by atoms with Crippen molar-refractivity contribution < 1.29 is 36.7 Å². The van der Waals surface area contributed by atoms with E-state index in [1.807, 2.05) is 0 Å². The van der Waals surface area contributed by atoms with Gasteiger partial charge in [-0.05, 0) is 48.0 Å². The lowest BCUT2D eigenvalue weighted by atomic mass is 9.94. The number of aliphatic hydroxyl groups is 1. The fourth-order valence-electron chi connectivity index (χ4n) is 3.44. The smallest absolute Gasteiger partial charge is 0.416 e. The second kappa shape index (κ2) is 7.42. The molecule has 1 amide bonds. The molecule has 3 aromatic rings. The van der Waals surface area contributed by atoms with Gasteiger partial charge in [0.05, 0.1) is 23.4 Å². The number of carbonyl (C=O) groups is 2. The summed E-state index contributed by atoms with van der Waals surface area (Å²) in [5, 5.41) is 10.5. The molecule has 0 aliphatic carbocycles. The van der Waals surface area contributed by atoms with E-state index >= 15 is 0 Å². The van der Waals surface area contributed by atoms with Crippen molar-refractivity contribution in [2.45, 2.75) is 12.2 Å². The van der Waals surface area contributed by atoms with Gasteiger partial charge >= 0.3 is 6.18 Å². The molecule has 5 nitrogen and oxygen atoms in total. The minimum absolute atomic E-state index is 0.174. The Morgan fingerprint density at radius 2 is 1.74 bits per heavy atom. The van der Waals surface area contributed by atoms with Crippen LogP contribution in [0.15, 0.2) is 82.7 Å². The van der Waals surface area contributed by atoms with Gasteiger partial charge in [0.1, 0.15) is 5.82 Å². The van der Waals surface area contributed by atoms with Gasteiger partial charge in [-0.3, -0.25) is 14.5 Å². The molecule has 1 aliphatic rings. The summed E-state index contributed by atoms with van der Waals surface area (Å²) in [7, 11) is 0. The predicted molar refractivity (Wildman–Crippen MR) is 101 cm³/mol. The first-order valence-electron chi connectivity index (χ1n) is 8.96. The summed E-state index contributed by atoms with van der Waals surface area (Å²) < 4.78 is 58.2. The lowest BCUT2D eigenvalue weighted by molar-refractivity contribution is -0.137. The minimum Gasteiger partial charge on any atom is -0.503 e. The third-order valence-corrected chi connectivity index (χ3v) is 4.84. The zero-order valence-corrected chi connectivity index (χ0v) is 15.6. The average molecular weight is 431 g/mol. The molecule has 1 unspecified atom stereocenters. The molecule has 1 atom stereocenters. The zero-order valence-electron chi connectivity index (χ0n) is 15.6. The van der Waals surface area contributed by atoms with Crippen LogP contribution in [0.4, 0.5) is 23.2 Å². The van der Waals surface area contributed by atoms with Crippen molar-refractivity contribution in [2.24, 2.45) is 0 Å². The lowest BCUT2D eigenvalue weighted by Gasteiger charge is -2.27. The third-order valence-electron chi connectivity index (χ3n) is 4.84. The van der Waals surface area contributed by atoms with E-state index in [2.05, 4.69) is 0 Å². The number of halogens is 4. The Bertz CT molecular complexity index is 1180. The number of Topliss-reactive ketones (excluding diaryl/α,β-unsaturated/α-hetero) is 1. The molecule has 158 valence electrons. The quantitative estimate of drug-likeness (QED) is 0.454. The van der Waals surface area contributed by atoms with Crippen molar-refractivity contribution in [1.29, 1.82) is 0 Å². The molecule has 1 aromatic heterocycles. The summed E-state index contributed by atoms with van der Waals surface area (Å²) in [4.78, 5) is 26.7. The van der Waals surface area contributed by atoms with Gasteiger partial charge in [0.25, 0.3) is 5.91 Å². The van der Waals surface area contributed by atoms with Gasteiger partial charge in [-0.15, -0.1) is 0 Å². The van der Waals surface area contributed by atoms with E-state index in [9.17, 15) is 32.3 Å². The molecular formula is C22H13F4NO4. The van der Waals surface area contributed by atoms with Crippen LogP contribution in [0, 0.1) is 5.82 Å². The van der Waals surface area contributed by atoms with Gasteiger partial charge in [-0.2, -0.15) is 13.2 Å². The van der Waals surface area contributed by atoms with Crippen LogP contribution in [-0.2, 0) is 11.0 Å². The number of ketones is 1. The van der Waals surface area contributed by atoms with E-state index in [-0.39, 0.29) is 22.6 Å². The minimum atomic E-state index is -4.67. The summed E-state index contributed by atoms with van der Waals surface area (Å²) in [6.45, 7) is 0. The van der Waals surface area contributed by atoms with Crippen molar-refractivity contribution in [3.05, 3.63) is 101 Å². The molecule has 0 bridgehead atoms. The summed E-state index contributed by atoms with van der Waals surface area (Å²) in [5.74, 6) is -3.57. The van der Waals surface area contributed by atoms with Crippen LogP contribution in [0.3, 0.4) is 0 Å². The Balaban J connectivity index is 1.88. The Labute approximate surface area is 172 Å². The highest BCUT2D eigenvalue weighted by Gasteiger charge is 2.45. The lowest BCUT2D eigenvalue weighted by Crippen LogP contribution is -2.31. The van der Waals surface area contributed by atoms with E-state index in [0.717, 1.165) is 35.2 Å². The number of amides is 1. The topological polar surface area (TPSA) is 70.8 Å². The molecule has 1 aliphatic heterocycles. The molecule has 0 spiro atoms. The summed E-state index contributed by atoms with van der Waals surface area (Å²) in [5.41, 5.74) is -1.38. The molecule has 4 rings (SSSR count). The number of furan rings is 1. The maximum atomic E-state index is 13.5. The number of carbonyl (C=O) groups excluding carboxylic acids is 2. The van der Waals surface area contributed by atoms with Gasteiger partial charge in [0, 0.05) is 5.69 Å². The van der Waals surface area contributed by atoms with Crippen LogP contribution >= 0.6 is 0 Å². The molecule has 0 saturated carbocycles. The monoisotopic (exact) mass is 431 g/mol. The Morgan fingerprint density at radius 3 is 2.35 bits per heavy atom. The van der Waals surface area contributed by atoms with Gasteiger partial charge in [0.2, 0.25) is 5.78 Å². The Kier molecular flexibility index (Phi) is 4.88. The number of alkyl halides is 3. The highest BCUT2D eigenvalue weighted by Crippen LogP contribution is 2.43. The van der Waals surface area contributed by atoms with Crippen molar-refractivity contribution in [3.8, 4) is 0 Å². The first-order chi connectivity index (χ1) is 14.7. The molecule has 31 heavy (non-hydrogen) atoms. The average Bonchev–Trinajstić information content (AvgIpc) is 3.35. The number of anilines is 1. The van der Waals surface area contributed by atoms with Crippen molar-refractivity contribution in [3.63, 3.8) is 0 Å². The molecule has 2 heterocycles. The van der Waals surface area contributed by atoms with Crippen molar-refractivity contribution in [2.75, 3.05) is 4.90 Å². The largest absolute Gasteiger partial charge is 0.503 e. The molecular weight excluding hydrogens is 418 g/mol. The number of hydrogen-bond acceptors (Lipinski definition) is 4. The van der Waals surface area contributed by atoms with E-state index in [0.29, 0.717) is 0 Å². The van der Waals surface area contributed by atoms with Crippen LogP contribution in [-0.4, -0.2) is 16.8 Å². The highest BCUT2D eigenvalue weighted by atomic mass is 19.4. The van der Waals surface area contributed by atoms with Crippen LogP contribution in [0.5, 0.6) is 0 Å². The summed E-state index contributed by atoms with van der Waals surface area (Å²) in [6.07, 6.45) is -3.45. The standard InChI is InChI=1S/C22H13F4NO4/c23-14-8-6-12(7-9-14)18-17(19(28)16-5-2-10-31-16)20(29)21(30)27(18)15-4-1-3-13(11-15)22(24,25)26/h1-11,18,29H. The number of benzene rings is 2. The van der Waals surface area contributed by atoms with Crippen molar-refractivity contribution in [1.82, 2.24) is 0 Å².